The minimum Gasteiger partial charge on any atom is -0.368 e. The summed E-state index contributed by atoms with van der Waals surface area (Å²) in [6.07, 6.45) is 2.26. The molecule has 152 valence electrons. The van der Waals surface area contributed by atoms with Gasteiger partial charge in [0.2, 0.25) is 11.8 Å². The summed E-state index contributed by atoms with van der Waals surface area (Å²) < 4.78 is 0. The molecule has 0 saturated carbocycles. The zero-order chi connectivity index (χ0) is 21.0. The van der Waals surface area contributed by atoms with Crippen LogP contribution in [0, 0.1) is 0 Å². The molecule has 2 aromatic carbocycles. The summed E-state index contributed by atoms with van der Waals surface area (Å²) in [6.45, 7) is 0. The van der Waals surface area contributed by atoms with Gasteiger partial charge in [0.1, 0.15) is 6.04 Å². The van der Waals surface area contributed by atoms with E-state index < -0.39 is 23.8 Å². The number of piperidine rings is 1. The number of nitrogens with zero attached hydrogens (tertiary/aromatic N) is 2. The van der Waals surface area contributed by atoms with Crippen molar-refractivity contribution in [2.24, 2.45) is 0 Å². The lowest BCUT2D eigenvalue weighted by atomic mass is 10.0. The van der Waals surface area contributed by atoms with Crippen molar-refractivity contribution in [3.8, 4) is 0 Å². The van der Waals surface area contributed by atoms with Crippen LogP contribution in [0.2, 0.25) is 0 Å². The average molecular weight is 403 g/mol. The molecule has 1 N–H and O–H groups in total. The SMILES string of the molecule is CN(c1ccc2c(c1)C(=O)N(C1CCC(=O)NC1=O)C2=O)[C@@H]1CCc2ccccc21. The fourth-order valence-corrected chi connectivity index (χ4v) is 4.80. The maximum absolute atomic E-state index is 13.0. The molecule has 7 nitrogen and oxygen atoms in total. The van der Waals surface area contributed by atoms with Crippen LogP contribution < -0.4 is 10.2 Å². The van der Waals surface area contributed by atoms with Crippen LogP contribution in [0.25, 0.3) is 0 Å². The number of carbonyl (C=O) groups is 4. The van der Waals surface area contributed by atoms with E-state index in [9.17, 15) is 19.2 Å². The zero-order valence-corrected chi connectivity index (χ0v) is 16.6. The van der Waals surface area contributed by atoms with Crippen molar-refractivity contribution < 1.29 is 19.2 Å². The second kappa shape index (κ2) is 6.79. The van der Waals surface area contributed by atoms with Crippen LogP contribution in [0.15, 0.2) is 42.5 Å². The third-order valence-electron chi connectivity index (χ3n) is 6.40. The molecule has 1 unspecified atom stereocenters. The molecule has 0 aromatic heterocycles. The Morgan fingerprint density at radius 1 is 0.933 bits per heavy atom. The Morgan fingerprint density at radius 2 is 1.70 bits per heavy atom. The Hall–Kier alpha value is -3.48. The van der Waals surface area contributed by atoms with Crippen LogP contribution >= 0.6 is 0 Å². The molecule has 4 amide bonds. The van der Waals surface area contributed by atoms with E-state index in [1.54, 1.807) is 12.1 Å². The molecule has 0 radical (unpaired) electrons. The first-order valence-corrected chi connectivity index (χ1v) is 10.1. The summed E-state index contributed by atoms with van der Waals surface area (Å²) >= 11 is 0. The summed E-state index contributed by atoms with van der Waals surface area (Å²) in [5, 5.41) is 2.22. The van der Waals surface area contributed by atoms with Crippen molar-refractivity contribution >= 4 is 29.3 Å². The molecule has 2 aliphatic heterocycles. The van der Waals surface area contributed by atoms with Crippen molar-refractivity contribution in [3.63, 3.8) is 0 Å². The molecule has 3 aliphatic rings. The van der Waals surface area contributed by atoms with Crippen LogP contribution in [-0.4, -0.2) is 41.6 Å². The number of hydrogen-bond acceptors (Lipinski definition) is 5. The van der Waals surface area contributed by atoms with Gasteiger partial charge in [-0.2, -0.15) is 0 Å². The number of amides is 4. The van der Waals surface area contributed by atoms with E-state index in [2.05, 4.69) is 22.3 Å². The number of imide groups is 2. The van der Waals surface area contributed by atoms with E-state index in [-0.39, 0.29) is 24.8 Å². The molecule has 2 heterocycles. The zero-order valence-electron chi connectivity index (χ0n) is 16.6. The quantitative estimate of drug-likeness (QED) is 0.794. The van der Waals surface area contributed by atoms with Crippen molar-refractivity contribution in [1.29, 1.82) is 0 Å². The Kier molecular flexibility index (Phi) is 4.20. The van der Waals surface area contributed by atoms with Gasteiger partial charge in [-0.05, 0) is 48.6 Å². The van der Waals surface area contributed by atoms with Crippen LogP contribution in [0.1, 0.15) is 57.1 Å². The standard InChI is InChI=1S/C23H21N3O4/c1-25(18-9-6-13-4-2-3-5-15(13)18)14-7-8-16-17(12-14)23(30)26(22(16)29)19-10-11-20(27)24-21(19)28/h2-5,7-8,12,18-19H,6,9-11H2,1H3,(H,24,27,28)/t18-,19?/m1/s1. The Balaban J connectivity index is 1.44. The minimum absolute atomic E-state index is 0.110. The smallest absolute Gasteiger partial charge is 0.262 e. The van der Waals surface area contributed by atoms with Gasteiger partial charge in [-0.15, -0.1) is 0 Å². The summed E-state index contributed by atoms with van der Waals surface area (Å²) in [4.78, 5) is 52.7. The van der Waals surface area contributed by atoms with Crippen molar-refractivity contribution in [2.45, 2.75) is 37.8 Å². The third-order valence-corrected chi connectivity index (χ3v) is 6.40. The fourth-order valence-electron chi connectivity index (χ4n) is 4.80. The van der Waals surface area contributed by atoms with Gasteiger partial charge < -0.3 is 4.90 Å². The average Bonchev–Trinajstić information content (AvgIpc) is 3.27. The van der Waals surface area contributed by atoms with Crippen molar-refractivity contribution in [2.75, 3.05) is 11.9 Å². The molecule has 1 saturated heterocycles. The summed E-state index contributed by atoms with van der Waals surface area (Å²) in [7, 11) is 1.99. The van der Waals surface area contributed by atoms with Crippen LogP contribution in [-0.2, 0) is 16.0 Å². The fraction of sp³-hybridized carbons (Fsp3) is 0.304. The van der Waals surface area contributed by atoms with E-state index in [0.717, 1.165) is 23.4 Å². The number of aryl methyl sites for hydroxylation is 1. The number of anilines is 1. The lowest BCUT2D eigenvalue weighted by molar-refractivity contribution is -0.136. The molecule has 0 bridgehead atoms. The lowest BCUT2D eigenvalue weighted by Gasteiger charge is -2.28. The van der Waals surface area contributed by atoms with E-state index in [1.807, 2.05) is 25.2 Å². The summed E-state index contributed by atoms with van der Waals surface area (Å²) in [6, 6.07) is 12.9. The first-order chi connectivity index (χ1) is 14.5. The largest absolute Gasteiger partial charge is 0.368 e. The van der Waals surface area contributed by atoms with Gasteiger partial charge in [-0.3, -0.25) is 29.4 Å². The molecule has 1 fully saturated rings. The van der Waals surface area contributed by atoms with Gasteiger partial charge in [-0.25, -0.2) is 0 Å². The number of fused-ring (bicyclic) bond motifs is 2. The first kappa shape index (κ1) is 18.5. The van der Waals surface area contributed by atoms with Gasteiger partial charge >= 0.3 is 0 Å². The molecular weight excluding hydrogens is 382 g/mol. The number of rotatable bonds is 3. The maximum Gasteiger partial charge on any atom is 0.262 e. The number of hydrogen-bond donors (Lipinski definition) is 1. The molecule has 1 aliphatic carbocycles. The molecule has 2 aromatic rings. The van der Waals surface area contributed by atoms with Crippen molar-refractivity contribution in [1.82, 2.24) is 10.2 Å². The van der Waals surface area contributed by atoms with Gasteiger partial charge in [0.15, 0.2) is 0 Å². The predicted molar refractivity (Wildman–Crippen MR) is 109 cm³/mol. The lowest BCUT2D eigenvalue weighted by Crippen LogP contribution is -2.54. The normalized spacial score (nSPS) is 22.8. The second-order valence-corrected chi connectivity index (χ2v) is 8.04. The highest BCUT2D eigenvalue weighted by Crippen LogP contribution is 2.38. The molecule has 30 heavy (non-hydrogen) atoms. The third kappa shape index (κ3) is 2.73. The van der Waals surface area contributed by atoms with E-state index in [0.29, 0.717) is 11.1 Å². The maximum atomic E-state index is 13.0. The van der Waals surface area contributed by atoms with Gasteiger partial charge in [0.05, 0.1) is 17.2 Å². The number of carbonyl (C=O) groups excluding carboxylic acids is 4. The monoisotopic (exact) mass is 403 g/mol. The van der Waals surface area contributed by atoms with E-state index in [1.165, 1.54) is 11.1 Å². The Bertz CT molecular complexity index is 1110. The highest BCUT2D eigenvalue weighted by atomic mass is 16.2. The topological polar surface area (TPSA) is 86.8 Å². The first-order valence-electron chi connectivity index (χ1n) is 10.1. The van der Waals surface area contributed by atoms with Gasteiger partial charge in [0, 0.05) is 19.2 Å². The van der Waals surface area contributed by atoms with Crippen LogP contribution in [0.5, 0.6) is 0 Å². The number of benzene rings is 2. The van der Waals surface area contributed by atoms with Crippen LogP contribution in [0.3, 0.4) is 0 Å². The minimum atomic E-state index is -0.946. The predicted octanol–water partition coefficient (Wildman–Crippen LogP) is 2.21. The van der Waals surface area contributed by atoms with E-state index >= 15 is 0 Å². The Labute approximate surface area is 173 Å². The summed E-state index contributed by atoms with van der Waals surface area (Å²) in [5.74, 6) is -1.94. The summed E-state index contributed by atoms with van der Waals surface area (Å²) in [5.41, 5.74) is 4.08. The van der Waals surface area contributed by atoms with Crippen molar-refractivity contribution in [3.05, 3.63) is 64.7 Å². The highest BCUT2D eigenvalue weighted by molar-refractivity contribution is 6.23. The molecule has 0 spiro atoms. The second-order valence-electron chi connectivity index (χ2n) is 8.04. The number of nitrogens with one attached hydrogen (secondary N) is 1. The molecule has 7 heteroatoms. The molecule has 5 rings (SSSR count). The van der Waals surface area contributed by atoms with Gasteiger partial charge in [-0.1, -0.05) is 24.3 Å². The van der Waals surface area contributed by atoms with E-state index in [4.69, 9.17) is 0 Å². The Morgan fingerprint density at radius 3 is 2.50 bits per heavy atom. The van der Waals surface area contributed by atoms with Gasteiger partial charge in [0.25, 0.3) is 11.8 Å². The molecule has 2 atom stereocenters. The van der Waals surface area contributed by atoms with Crippen LogP contribution in [0.4, 0.5) is 5.69 Å². The molecular formula is C23H21N3O4. The highest BCUT2D eigenvalue weighted by Gasteiger charge is 2.44.